The average molecular weight is 274 g/mol. The van der Waals surface area contributed by atoms with Gasteiger partial charge in [-0.05, 0) is 26.8 Å². The number of hydrogen-bond acceptors (Lipinski definition) is 3. The predicted molar refractivity (Wildman–Crippen MR) is 76.9 cm³/mol. The fourth-order valence-corrected chi connectivity index (χ4v) is 2.03. The van der Waals surface area contributed by atoms with Gasteiger partial charge in [0.2, 0.25) is 0 Å². The van der Waals surface area contributed by atoms with Crippen molar-refractivity contribution >= 4 is 22.8 Å². The molecule has 0 aliphatic heterocycles. The van der Waals surface area contributed by atoms with Gasteiger partial charge in [-0.25, -0.2) is 4.79 Å². The van der Waals surface area contributed by atoms with E-state index in [2.05, 4.69) is 10.3 Å². The van der Waals surface area contributed by atoms with E-state index in [1.54, 1.807) is 6.07 Å². The Kier molecular flexibility index (Phi) is 3.53. The molecule has 1 aromatic heterocycles. The molecule has 1 heterocycles. The smallest absolute Gasteiger partial charge is 0.340 e. The van der Waals surface area contributed by atoms with Gasteiger partial charge in [0.25, 0.3) is 5.91 Å². The quantitative estimate of drug-likeness (QED) is 0.826. The van der Waals surface area contributed by atoms with Crippen molar-refractivity contribution in [2.75, 3.05) is 7.11 Å². The number of nitrogens with one attached hydrogen (secondary N) is 2. The number of amides is 1. The van der Waals surface area contributed by atoms with Gasteiger partial charge in [-0.15, -0.1) is 0 Å². The van der Waals surface area contributed by atoms with Gasteiger partial charge >= 0.3 is 5.97 Å². The van der Waals surface area contributed by atoms with E-state index in [-0.39, 0.29) is 22.7 Å². The monoisotopic (exact) mass is 274 g/mol. The van der Waals surface area contributed by atoms with Crippen LogP contribution < -0.4 is 5.32 Å². The molecule has 1 amide bonds. The molecule has 20 heavy (non-hydrogen) atoms. The maximum absolute atomic E-state index is 12.3. The van der Waals surface area contributed by atoms with E-state index in [1.165, 1.54) is 7.11 Å². The summed E-state index contributed by atoms with van der Waals surface area (Å²) in [5, 5.41) is 3.52. The van der Waals surface area contributed by atoms with Crippen molar-refractivity contribution in [2.24, 2.45) is 0 Å². The van der Waals surface area contributed by atoms with Crippen LogP contribution in [-0.4, -0.2) is 29.5 Å². The zero-order valence-electron chi connectivity index (χ0n) is 12.0. The second-order valence-corrected chi connectivity index (χ2v) is 5.62. The highest BCUT2D eigenvalue weighted by Crippen LogP contribution is 2.23. The van der Waals surface area contributed by atoms with E-state index in [0.29, 0.717) is 5.39 Å². The Morgan fingerprint density at radius 2 is 1.85 bits per heavy atom. The largest absolute Gasteiger partial charge is 0.465 e. The van der Waals surface area contributed by atoms with Gasteiger partial charge in [-0.3, -0.25) is 4.79 Å². The highest BCUT2D eigenvalue weighted by atomic mass is 16.5. The number of hydrogen-bond donors (Lipinski definition) is 2. The number of methoxy groups -OCH3 is 1. The highest BCUT2D eigenvalue weighted by Gasteiger charge is 2.25. The molecule has 0 spiro atoms. The SMILES string of the molecule is COC(=O)c1c(C(=O)NC(C)(C)C)[nH]c2ccccc12. The van der Waals surface area contributed by atoms with Crippen molar-refractivity contribution in [3.8, 4) is 0 Å². The van der Waals surface area contributed by atoms with Gasteiger partial charge < -0.3 is 15.0 Å². The third kappa shape index (κ3) is 2.66. The number of esters is 1. The molecule has 106 valence electrons. The standard InChI is InChI=1S/C15H18N2O3/c1-15(2,3)17-13(18)12-11(14(19)20-4)9-7-5-6-8-10(9)16-12/h5-8,16H,1-4H3,(H,17,18). The molecular weight excluding hydrogens is 256 g/mol. The van der Waals surface area contributed by atoms with Crippen molar-refractivity contribution in [1.29, 1.82) is 0 Å². The van der Waals surface area contributed by atoms with Crippen molar-refractivity contribution in [3.05, 3.63) is 35.5 Å². The summed E-state index contributed by atoms with van der Waals surface area (Å²) in [5.74, 6) is -0.851. The first-order valence-corrected chi connectivity index (χ1v) is 6.35. The van der Waals surface area contributed by atoms with Gasteiger partial charge in [0.1, 0.15) is 5.69 Å². The van der Waals surface area contributed by atoms with Crippen LogP contribution in [0.4, 0.5) is 0 Å². The lowest BCUT2D eigenvalue weighted by atomic mass is 10.1. The molecule has 2 aromatic rings. The second kappa shape index (κ2) is 5.00. The molecule has 0 aliphatic rings. The summed E-state index contributed by atoms with van der Waals surface area (Å²) in [6.07, 6.45) is 0. The molecule has 0 unspecified atom stereocenters. The minimum absolute atomic E-state index is 0.230. The summed E-state index contributed by atoms with van der Waals surface area (Å²) < 4.78 is 4.78. The number of carbonyl (C=O) groups excluding carboxylic acids is 2. The van der Waals surface area contributed by atoms with Crippen LogP contribution in [0.25, 0.3) is 10.9 Å². The molecule has 0 atom stereocenters. The van der Waals surface area contributed by atoms with Crippen molar-refractivity contribution in [1.82, 2.24) is 10.3 Å². The Bertz CT molecular complexity index is 665. The normalized spacial score (nSPS) is 11.4. The van der Waals surface area contributed by atoms with E-state index in [1.807, 2.05) is 39.0 Å². The summed E-state index contributed by atoms with van der Waals surface area (Å²) in [6.45, 7) is 5.64. The molecule has 5 nitrogen and oxygen atoms in total. The van der Waals surface area contributed by atoms with Crippen LogP contribution >= 0.6 is 0 Å². The van der Waals surface area contributed by atoms with Gasteiger partial charge in [0.15, 0.2) is 0 Å². The highest BCUT2D eigenvalue weighted by molar-refractivity contribution is 6.13. The Morgan fingerprint density at radius 3 is 2.45 bits per heavy atom. The molecular formula is C15H18N2O3. The van der Waals surface area contributed by atoms with Crippen LogP contribution in [0.3, 0.4) is 0 Å². The molecule has 5 heteroatoms. The Hall–Kier alpha value is -2.30. The second-order valence-electron chi connectivity index (χ2n) is 5.62. The fourth-order valence-electron chi connectivity index (χ4n) is 2.03. The number of fused-ring (bicyclic) bond motifs is 1. The minimum Gasteiger partial charge on any atom is -0.465 e. The molecule has 0 saturated heterocycles. The van der Waals surface area contributed by atoms with Crippen molar-refractivity contribution in [3.63, 3.8) is 0 Å². The first kappa shape index (κ1) is 14.1. The van der Waals surface area contributed by atoms with E-state index in [9.17, 15) is 9.59 Å². The molecule has 0 fully saturated rings. The predicted octanol–water partition coefficient (Wildman–Crippen LogP) is 2.48. The zero-order chi connectivity index (χ0) is 14.9. The Labute approximate surface area is 117 Å². The van der Waals surface area contributed by atoms with Crippen LogP contribution in [0.5, 0.6) is 0 Å². The van der Waals surface area contributed by atoms with Crippen LogP contribution in [0.15, 0.2) is 24.3 Å². The molecule has 0 bridgehead atoms. The summed E-state index contributed by atoms with van der Waals surface area (Å²) in [6, 6.07) is 7.25. The third-order valence-corrected chi connectivity index (χ3v) is 2.81. The van der Waals surface area contributed by atoms with Crippen LogP contribution in [0.2, 0.25) is 0 Å². The summed E-state index contributed by atoms with van der Waals surface area (Å²) in [5.41, 5.74) is 0.840. The van der Waals surface area contributed by atoms with Crippen molar-refractivity contribution in [2.45, 2.75) is 26.3 Å². The van der Waals surface area contributed by atoms with Gasteiger partial charge in [0.05, 0.1) is 12.7 Å². The maximum Gasteiger partial charge on any atom is 0.340 e. The summed E-state index contributed by atoms with van der Waals surface area (Å²) in [7, 11) is 1.30. The van der Waals surface area contributed by atoms with Crippen LogP contribution in [0, 0.1) is 0 Å². The number of aromatic amines is 1. The van der Waals surface area contributed by atoms with E-state index in [0.717, 1.165) is 5.52 Å². The lowest BCUT2D eigenvalue weighted by Gasteiger charge is -2.20. The first-order chi connectivity index (χ1) is 9.33. The van der Waals surface area contributed by atoms with Crippen LogP contribution in [0.1, 0.15) is 41.6 Å². The molecule has 0 radical (unpaired) electrons. The lowest BCUT2D eigenvalue weighted by Crippen LogP contribution is -2.41. The van der Waals surface area contributed by atoms with E-state index >= 15 is 0 Å². The first-order valence-electron chi connectivity index (χ1n) is 6.35. The van der Waals surface area contributed by atoms with E-state index in [4.69, 9.17) is 4.74 Å². The molecule has 2 rings (SSSR count). The number of carbonyl (C=O) groups is 2. The molecule has 0 aliphatic carbocycles. The van der Waals surface area contributed by atoms with Crippen LogP contribution in [-0.2, 0) is 4.74 Å². The van der Waals surface area contributed by atoms with E-state index < -0.39 is 5.97 Å². The summed E-state index contributed by atoms with van der Waals surface area (Å²) in [4.78, 5) is 27.3. The number of ether oxygens (including phenoxy) is 1. The topological polar surface area (TPSA) is 71.2 Å². The molecule has 1 aromatic carbocycles. The molecule has 0 saturated carbocycles. The fraction of sp³-hybridized carbons (Fsp3) is 0.333. The van der Waals surface area contributed by atoms with Gasteiger partial charge in [-0.2, -0.15) is 0 Å². The zero-order valence-corrected chi connectivity index (χ0v) is 12.0. The Morgan fingerprint density at radius 1 is 1.20 bits per heavy atom. The lowest BCUT2D eigenvalue weighted by molar-refractivity contribution is 0.0598. The number of rotatable bonds is 2. The number of benzene rings is 1. The average Bonchev–Trinajstić information content (AvgIpc) is 2.75. The minimum atomic E-state index is -0.526. The van der Waals surface area contributed by atoms with Gasteiger partial charge in [-0.1, -0.05) is 18.2 Å². The number of H-pyrrole nitrogens is 1. The maximum atomic E-state index is 12.3. The van der Waals surface area contributed by atoms with Crippen molar-refractivity contribution < 1.29 is 14.3 Å². The summed E-state index contributed by atoms with van der Waals surface area (Å²) >= 11 is 0. The van der Waals surface area contributed by atoms with Gasteiger partial charge in [0, 0.05) is 16.4 Å². The number of aromatic nitrogens is 1. The Balaban J connectivity index is 2.57. The number of para-hydroxylation sites is 1. The third-order valence-electron chi connectivity index (χ3n) is 2.81. The molecule has 2 N–H and O–H groups in total.